The second-order valence-electron chi connectivity index (χ2n) is 7.93. The van der Waals surface area contributed by atoms with Crippen LogP contribution < -0.4 is 0 Å². The number of benzene rings is 3. The van der Waals surface area contributed by atoms with Gasteiger partial charge in [0.05, 0.1) is 14.7 Å². The van der Waals surface area contributed by atoms with Crippen LogP contribution in [0, 0.1) is 20.8 Å². The molecule has 3 aromatic rings. The number of hydrogen-bond acceptors (Lipinski definition) is 8. The maximum Gasteiger partial charge on any atom is 0.311 e. The third-order valence-electron chi connectivity index (χ3n) is 4.62. The standard InChI is InChI=1S/C14H14O5S2.C10H13FO3S/c1-11-3-7-13(8-4-11)20(15,16)19-21(17,18)14-9-5-12(2)6-10-14;1-8-3-5-10(6-4-8)15(12,13)14-9(2)7-11/h3-10H,1-2H3;3-6,9H,7H2,1-2H3. The van der Waals surface area contributed by atoms with E-state index in [9.17, 15) is 29.6 Å². The van der Waals surface area contributed by atoms with Gasteiger partial charge in [0.2, 0.25) is 0 Å². The zero-order valence-electron chi connectivity index (χ0n) is 20.1. The van der Waals surface area contributed by atoms with Crippen molar-refractivity contribution in [2.75, 3.05) is 6.67 Å². The molecule has 0 bridgehead atoms. The van der Waals surface area contributed by atoms with E-state index >= 15 is 0 Å². The fraction of sp³-hybridized carbons (Fsp3) is 0.250. The van der Waals surface area contributed by atoms with E-state index in [1.165, 1.54) is 43.3 Å². The SMILES string of the molecule is Cc1ccc(S(=O)(=O)OC(C)CF)cc1.Cc1ccc(S(=O)(=O)OS(=O)(=O)c2ccc(C)cc2)cc1. The van der Waals surface area contributed by atoms with Gasteiger partial charge in [-0.05, 0) is 64.1 Å². The van der Waals surface area contributed by atoms with Gasteiger partial charge in [-0.2, -0.15) is 25.3 Å². The van der Waals surface area contributed by atoms with E-state index in [0.29, 0.717) is 0 Å². The summed E-state index contributed by atoms with van der Waals surface area (Å²) in [6.45, 7) is 5.97. The molecule has 1 unspecified atom stereocenters. The second kappa shape index (κ2) is 12.1. The summed E-state index contributed by atoms with van der Waals surface area (Å²) < 4.78 is 92.2. The highest BCUT2D eigenvalue weighted by molar-refractivity contribution is 7.99. The van der Waals surface area contributed by atoms with Crippen LogP contribution in [0.5, 0.6) is 0 Å². The molecule has 0 aromatic heterocycles. The zero-order valence-corrected chi connectivity index (χ0v) is 22.5. The fourth-order valence-corrected chi connectivity index (χ4v) is 6.18. The van der Waals surface area contributed by atoms with E-state index in [-0.39, 0.29) is 14.7 Å². The van der Waals surface area contributed by atoms with Crippen molar-refractivity contribution in [3.63, 3.8) is 0 Å². The van der Waals surface area contributed by atoms with Gasteiger partial charge in [0, 0.05) is 0 Å². The number of rotatable bonds is 8. The van der Waals surface area contributed by atoms with Crippen LogP contribution in [0.25, 0.3) is 0 Å². The van der Waals surface area contributed by atoms with Crippen LogP contribution >= 0.6 is 0 Å². The normalized spacial score (nSPS) is 12.9. The Balaban J connectivity index is 0.000000269. The van der Waals surface area contributed by atoms with Crippen molar-refractivity contribution < 1.29 is 37.5 Å². The average Bonchev–Trinajstić information content (AvgIpc) is 2.79. The molecule has 3 aromatic carbocycles. The van der Waals surface area contributed by atoms with E-state index in [4.69, 9.17) is 0 Å². The van der Waals surface area contributed by atoms with Crippen molar-refractivity contribution in [2.45, 2.75) is 48.5 Å². The van der Waals surface area contributed by atoms with E-state index in [1.807, 2.05) is 6.92 Å². The van der Waals surface area contributed by atoms with Gasteiger partial charge in [0.25, 0.3) is 10.1 Å². The fourth-order valence-electron chi connectivity index (χ4n) is 2.61. The molecule has 0 fully saturated rings. The van der Waals surface area contributed by atoms with Crippen LogP contribution in [0.15, 0.2) is 87.5 Å². The minimum atomic E-state index is -4.38. The van der Waals surface area contributed by atoms with Crippen molar-refractivity contribution in [2.24, 2.45) is 0 Å². The van der Waals surface area contributed by atoms with Crippen LogP contribution in [-0.2, 0) is 38.2 Å². The van der Waals surface area contributed by atoms with Gasteiger partial charge in [-0.25, -0.2) is 4.39 Å². The lowest BCUT2D eigenvalue weighted by molar-refractivity contribution is 0.189. The zero-order chi connectivity index (χ0) is 27.1. The summed E-state index contributed by atoms with van der Waals surface area (Å²) in [6, 6.07) is 17.7. The minimum absolute atomic E-state index is 0.0494. The Kier molecular flexibility index (Phi) is 9.92. The first kappa shape index (κ1) is 29.6. The lowest BCUT2D eigenvalue weighted by atomic mass is 10.2. The van der Waals surface area contributed by atoms with Gasteiger partial charge in [0.15, 0.2) is 0 Å². The van der Waals surface area contributed by atoms with Gasteiger partial charge < -0.3 is 0 Å². The largest absolute Gasteiger partial charge is 0.311 e. The number of hydrogen-bond donors (Lipinski definition) is 0. The summed E-state index contributed by atoms with van der Waals surface area (Å²) in [5, 5.41) is 0. The Hall–Kier alpha value is -2.64. The lowest BCUT2D eigenvalue weighted by Crippen LogP contribution is -2.17. The quantitative estimate of drug-likeness (QED) is 0.372. The van der Waals surface area contributed by atoms with Crippen LogP contribution in [0.2, 0.25) is 0 Å². The summed E-state index contributed by atoms with van der Waals surface area (Å²) in [5.74, 6) is 0. The predicted octanol–water partition coefficient (Wildman–Crippen LogP) is 4.46. The second-order valence-corrected chi connectivity index (χ2v) is 12.8. The van der Waals surface area contributed by atoms with Crippen LogP contribution in [0.3, 0.4) is 0 Å². The smallest absolute Gasteiger partial charge is 0.261 e. The monoisotopic (exact) mass is 558 g/mol. The average molecular weight is 559 g/mol. The third kappa shape index (κ3) is 8.49. The third-order valence-corrected chi connectivity index (χ3v) is 9.18. The molecule has 0 radical (unpaired) electrons. The van der Waals surface area contributed by atoms with Gasteiger partial charge in [-0.3, -0.25) is 4.18 Å². The Morgan fingerprint density at radius 3 is 1.14 bits per heavy atom. The molecule has 12 heteroatoms. The first-order valence-corrected chi connectivity index (χ1v) is 14.8. The molecule has 3 rings (SSSR count). The molecule has 0 saturated carbocycles. The molecule has 0 aliphatic carbocycles. The summed E-state index contributed by atoms with van der Waals surface area (Å²) in [5.41, 5.74) is 2.66. The Bertz CT molecular complexity index is 1390. The molecule has 0 spiro atoms. The topological polar surface area (TPSA) is 121 Å². The van der Waals surface area contributed by atoms with Gasteiger partial charge in [0.1, 0.15) is 12.8 Å². The molecule has 196 valence electrons. The van der Waals surface area contributed by atoms with E-state index in [2.05, 4.69) is 7.81 Å². The summed E-state index contributed by atoms with van der Waals surface area (Å²) in [4.78, 5) is -0.360. The first-order valence-electron chi connectivity index (χ1n) is 10.6. The highest BCUT2D eigenvalue weighted by atomic mass is 32.3. The molecular formula is C24H27FO8S3. The van der Waals surface area contributed by atoms with Gasteiger partial charge in [-0.15, -0.1) is 3.63 Å². The minimum Gasteiger partial charge on any atom is -0.261 e. The molecule has 0 saturated heterocycles. The highest BCUT2D eigenvalue weighted by Gasteiger charge is 2.26. The van der Waals surface area contributed by atoms with Crippen LogP contribution in [0.4, 0.5) is 4.39 Å². The Labute approximate surface area is 212 Å². The molecule has 0 aliphatic rings. The first-order chi connectivity index (χ1) is 16.7. The van der Waals surface area contributed by atoms with Crippen molar-refractivity contribution >= 4 is 30.4 Å². The van der Waals surface area contributed by atoms with Gasteiger partial charge >= 0.3 is 20.2 Å². The van der Waals surface area contributed by atoms with Crippen molar-refractivity contribution in [1.82, 2.24) is 0 Å². The van der Waals surface area contributed by atoms with Gasteiger partial charge in [-0.1, -0.05) is 53.1 Å². The molecule has 0 aliphatic heterocycles. The molecule has 1 atom stereocenters. The molecule has 0 amide bonds. The summed E-state index contributed by atoms with van der Waals surface area (Å²) >= 11 is 0. The molecule has 36 heavy (non-hydrogen) atoms. The molecule has 0 N–H and O–H groups in total. The summed E-state index contributed by atoms with van der Waals surface area (Å²) in [7, 11) is -12.6. The highest BCUT2D eigenvalue weighted by Crippen LogP contribution is 2.21. The Morgan fingerprint density at radius 2 is 0.861 bits per heavy atom. The summed E-state index contributed by atoms with van der Waals surface area (Å²) in [6.07, 6.45) is -0.948. The molecule has 0 heterocycles. The van der Waals surface area contributed by atoms with Crippen molar-refractivity contribution in [3.8, 4) is 0 Å². The maximum atomic E-state index is 12.1. The van der Waals surface area contributed by atoms with Crippen molar-refractivity contribution in [1.29, 1.82) is 0 Å². The Morgan fingerprint density at radius 1 is 0.583 bits per heavy atom. The van der Waals surface area contributed by atoms with Crippen LogP contribution in [0.1, 0.15) is 23.6 Å². The van der Waals surface area contributed by atoms with E-state index < -0.39 is 43.1 Å². The predicted molar refractivity (Wildman–Crippen MR) is 133 cm³/mol. The number of alkyl halides is 1. The molecular weight excluding hydrogens is 531 g/mol. The number of aryl methyl sites for hydroxylation is 3. The van der Waals surface area contributed by atoms with Crippen LogP contribution in [-0.4, -0.2) is 38.0 Å². The van der Waals surface area contributed by atoms with E-state index in [0.717, 1.165) is 16.7 Å². The molecule has 8 nitrogen and oxygen atoms in total. The lowest BCUT2D eigenvalue weighted by Gasteiger charge is -2.09. The van der Waals surface area contributed by atoms with E-state index in [1.54, 1.807) is 50.2 Å². The number of halogens is 1. The van der Waals surface area contributed by atoms with Crippen molar-refractivity contribution in [3.05, 3.63) is 89.5 Å². The maximum absolute atomic E-state index is 12.1.